The highest BCUT2D eigenvalue weighted by Gasteiger charge is 2.07. The van der Waals surface area contributed by atoms with E-state index in [4.69, 9.17) is 4.74 Å². The van der Waals surface area contributed by atoms with Crippen molar-refractivity contribution in [3.05, 3.63) is 42.0 Å². The fourth-order valence-electron chi connectivity index (χ4n) is 2.41. The van der Waals surface area contributed by atoms with Gasteiger partial charge in [0.25, 0.3) is 0 Å². The van der Waals surface area contributed by atoms with Gasteiger partial charge in [0.1, 0.15) is 5.75 Å². The zero-order valence-corrected chi connectivity index (χ0v) is 12.1. The van der Waals surface area contributed by atoms with Crippen LogP contribution in [0.1, 0.15) is 49.4 Å². The first-order chi connectivity index (χ1) is 9.86. The molecular weight excluding hydrogens is 248 g/mol. The number of fused-ring (bicyclic) bond motifs is 1. The summed E-state index contributed by atoms with van der Waals surface area (Å²) in [6, 6.07) is 11.8. The number of unbranched alkanes of at least 4 members (excludes halogenated alkanes) is 4. The van der Waals surface area contributed by atoms with E-state index in [-0.39, 0.29) is 0 Å². The molecule has 0 aliphatic rings. The summed E-state index contributed by atoms with van der Waals surface area (Å²) >= 11 is 0. The molecule has 0 aliphatic heterocycles. The maximum Gasteiger partial charge on any atom is 0.154 e. The van der Waals surface area contributed by atoms with Crippen LogP contribution in [0, 0.1) is 0 Å². The lowest BCUT2D eigenvalue weighted by molar-refractivity contribution is 0.112. The summed E-state index contributed by atoms with van der Waals surface area (Å²) in [7, 11) is 0. The number of rotatable bonds is 8. The van der Waals surface area contributed by atoms with Gasteiger partial charge in [-0.05, 0) is 23.3 Å². The van der Waals surface area contributed by atoms with E-state index < -0.39 is 0 Å². The SMILES string of the molecule is CCCCCCCOc1ccc2ccccc2c1C=O. The normalized spacial score (nSPS) is 10.7. The van der Waals surface area contributed by atoms with E-state index in [0.717, 1.165) is 23.5 Å². The molecule has 0 saturated heterocycles. The van der Waals surface area contributed by atoms with Gasteiger partial charge < -0.3 is 4.74 Å². The molecule has 2 aromatic carbocycles. The second kappa shape index (κ2) is 7.68. The Kier molecular flexibility index (Phi) is 5.60. The molecule has 0 atom stereocenters. The van der Waals surface area contributed by atoms with Gasteiger partial charge in [0, 0.05) is 0 Å². The highest BCUT2D eigenvalue weighted by molar-refractivity contribution is 6.00. The Morgan fingerprint density at radius 1 is 1.00 bits per heavy atom. The Morgan fingerprint density at radius 3 is 2.60 bits per heavy atom. The summed E-state index contributed by atoms with van der Waals surface area (Å²) in [5, 5.41) is 2.04. The van der Waals surface area contributed by atoms with Gasteiger partial charge in [0.15, 0.2) is 6.29 Å². The van der Waals surface area contributed by atoms with Crippen LogP contribution in [0.5, 0.6) is 5.75 Å². The maximum atomic E-state index is 11.3. The molecule has 0 bridgehead atoms. The number of carbonyl (C=O) groups is 1. The molecule has 0 amide bonds. The van der Waals surface area contributed by atoms with Crippen LogP contribution in [0.25, 0.3) is 10.8 Å². The lowest BCUT2D eigenvalue weighted by Gasteiger charge is -2.10. The molecule has 0 radical (unpaired) electrons. The van der Waals surface area contributed by atoms with Crippen molar-refractivity contribution in [2.75, 3.05) is 6.61 Å². The van der Waals surface area contributed by atoms with Gasteiger partial charge in [0.2, 0.25) is 0 Å². The van der Waals surface area contributed by atoms with Gasteiger partial charge >= 0.3 is 0 Å². The summed E-state index contributed by atoms with van der Waals surface area (Å²) in [5.41, 5.74) is 0.664. The Labute approximate surface area is 120 Å². The monoisotopic (exact) mass is 270 g/mol. The first kappa shape index (κ1) is 14.6. The Hall–Kier alpha value is -1.83. The van der Waals surface area contributed by atoms with Crippen molar-refractivity contribution in [2.45, 2.75) is 39.0 Å². The lowest BCUT2D eigenvalue weighted by atomic mass is 10.0. The molecule has 2 rings (SSSR count). The number of benzene rings is 2. The molecule has 0 fully saturated rings. The zero-order chi connectivity index (χ0) is 14.2. The quantitative estimate of drug-likeness (QED) is 0.498. The number of hydrogen-bond donors (Lipinski definition) is 0. The molecule has 20 heavy (non-hydrogen) atoms. The van der Waals surface area contributed by atoms with Gasteiger partial charge in [0.05, 0.1) is 12.2 Å². The Morgan fingerprint density at radius 2 is 1.80 bits per heavy atom. The third kappa shape index (κ3) is 3.60. The molecule has 2 aromatic rings. The molecule has 2 nitrogen and oxygen atoms in total. The van der Waals surface area contributed by atoms with Crippen LogP contribution < -0.4 is 4.74 Å². The standard InChI is InChI=1S/C18H22O2/c1-2-3-4-5-8-13-20-18-12-11-15-9-6-7-10-16(15)17(18)14-19/h6-7,9-12,14H,2-5,8,13H2,1H3. The van der Waals surface area contributed by atoms with Crippen molar-refractivity contribution >= 4 is 17.1 Å². The average Bonchev–Trinajstić information content (AvgIpc) is 2.50. The van der Waals surface area contributed by atoms with E-state index in [1.807, 2.05) is 36.4 Å². The first-order valence-corrected chi connectivity index (χ1v) is 7.46. The third-order valence-corrected chi connectivity index (χ3v) is 3.55. The van der Waals surface area contributed by atoms with E-state index in [2.05, 4.69) is 6.92 Å². The fraction of sp³-hybridized carbons (Fsp3) is 0.389. The highest BCUT2D eigenvalue weighted by atomic mass is 16.5. The minimum Gasteiger partial charge on any atom is -0.493 e. The number of hydrogen-bond acceptors (Lipinski definition) is 2. The van der Waals surface area contributed by atoms with Gasteiger partial charge in [-0.1, -0.05) is 62.9 Å². The van der Waals surface area contributed by atoms with E-state index in [1.54, 1.807) is 0 Å². The topological polar surface area (TPSA) is 26.3 Å². The van der Waals surface area contributed by atoms with E-state index in [9.17, 15) is 4.79 Å². The van der Waals surface area contributed by atoms with Crippen LogP contribution in [0.4, 0.5) is 0 Å². The van der Waals surface area contributed by atoms with Crippen LogP contribution in [-0.4, -0.2) is 12.9 Å². The van der Waals surface area contributed by atoms with Gasteiger partial charge in [-0.25, -0.2) is 0 Å². The molecule has 0 aliphatic carbocycles. The lowest BCUT2D eigenvalue weighted by Crippen LogP contribution is -2.00. The van der Waals surface area contributed by atoms with Crippen molar-refractivity contribution < 1.29 is 9.53 Å². The smallest absolute Gasteiger partial charge is 0.154 e. The third-order valence-electron chi connectivity index (χ3n) is 3.55. The minimum atomic E-state index is 0.664. The summed E-state index contributed by atoms with van der Waals surface area (Å²) in [5.74, 6) is 0.703. The number of carbonyl (C=O) groups excluding carboxylic acids is 1. The minimum absolute atomic E-state index is 0.664. The van der Waals surface area contributed by atoms with E-state index in [0.29, 0.717) is 17.9 Å². The first-order valence-electron chi connectivity index (χ1n) is 7.46. The van der Waals surface area contributed by atoms with Crippen LogP contribution in [-0.2, 0) is 0 Å². The fourth-order valence-corrected chi connectivity index (χ4v) is 2.41. The molecule has 0 aromatic heterocycles. The number of aldehydes is 1. The molecule has 0 spiro atoms. The molecule has 0 N–H and O–H groups in total. The van der Waals surface area contributed by atoms with Crippen LogP contribution in [0.3, 0.4) is 0 Å². The second-order valence-corrected chi connectivity index (χ2v) is 5.08. The molecule has 0 heterocycles. The second-order valence-electron chi connectivity index (χ2n) is 5.08. The van der Waals surface area contributed by atoms with Crippen molar-refractivity contribution in [1.29, 1.82) is 0 Å². The molecule has 0 unspecified atom stereocenters. The molecular formula is C18H22O2. The molecule has 2 heteroatoms. The summed E-state index contributed by atoms with van der Waals surface area (Å²) in [6.07, 6.45) is 6.94. The van der Waals surface area contributed by atoms with Crippen LogP contribution in [0.2, 0.25) is 0 Å². The summed E-state index contributed by atoms with van der Waals surface area (Å²) < 4.78 is 5.79. The predicted octanol–water partition coefficient (Wildman–Crippen LogP) is 5.00. The Balaban J connectivity index is 2.01. The molecule has 106 valence electrons. The van der Waals surface area contributed by atoms with E-state index in [1.165, 1.54) is 25.7 Å². The molecule has 0 saturated carbocycles. The Bertz CT molecular complexity index is 560. The largest absolute Gasteiger partial charge is 0.493 e. The number of ether oxygens (including phenoxy) is 1. The van der Waals surface area contributed by atoms with Crippen LogP contribution in [0.15, 0.2) is 36.4 Å². The predicted molar refractivity (Wildman–Crippen MR) is 83.6 cm³/mol. The summed E-state index contributed by atoms with van der Waals surface area (Å²) in [4.78, 5) is 11.3. The van der Waals surface area contributed by atoms with Crippen molar-refractivity contribution in [2.24, 2.45) is 0 Å². The van der Waals surface area contributed by atoms with Gasteiger partial charge in [-0.2, -0.15) is 0 Å². The van der Waals surface area contributed by atoms with Crippen molar-refractivity contribution in [3.63, 3.8) is 0 Å². The van der Waals surface area contributed by atoms with Gasteiger partial charge in [-0.3, -0.25) is 4.79 Å². The highest BCUT2D eigenvalue weighted by Crippen LogP contribution is 2.26. The van der Waals surface area contributed by atoms with Crippen molar-refractivity contribution in [3.8, 4) is 5.75 Å². The van der Waals surface area contributed by atoms with Crippen LogP contribution >= 0.6 is 0 Å². The zero-order valence-electron chi connectivity index (χ0n) is 12.1. The van der Waals surface area contributed by atoms with E-state index >= 15 is 0 Å². The maximum absolute atomic E-state index is 11.3. The van der Waals surface area contributed by atoms with Gasteiger partial charge in [-0.15, -0.1) is 0 Å². The summed E-state index contributed by atoms with van der Waals surface area (Å²) in [6.45, 7) is 2.89. The van der Waals surface area contributed by atoms with Crippen molar-refractivity contribution in [1.82, 2.24) is 0 Å². The average molecular weight is 270 g/mol.